The fraction of sp³-hybridized carbons (Fsp3) is 0.488. The second kappa shape index (κ2) is 17.9. The Kier molecular flexibility index (Phi) is 14.2. The maximum atomic E-state index is 11.7. The van der Waals surface area contributed by atoms with Gasteiger partial charge in [0.05, 0.1) is 44.6 Å². The molecule has 1 saturated heterocycles. The number of carboxylic acid groups (broad SMARTS) is 1. The zero-order valence-corrected chi connectivity index (χ0v) is 33.2. The molecular weight excluding hydrogens is 661 g/mol. The number of rotatable bonds is 18. The summed E-state index contributed by atoms with van der Waals surface area (Å²) in [5.41, 5.74) is 2.18. The van der Waals surface area contributed by atoms with Crippen molar-refractivity contribution >= 4 is 33.0 Å². The summed E-state index contributed by atoms with van der Waals surface area (Å²) in [6.45, 7) is 18.5. The topological polar surface area (TPSA) is 83.5 Å². The Morgan fingerprint density at radius 1 is 0.880 bits per heavy atom. The van der Waals surface area contributed by atoms with Crippen LogP contribution in [0.25, 0.3) is 0 Å². The van der Waals surface area contributed by atoms with Gasteiger partial charge in [-0.25, -0.2) is 0 Å². The van der Waals surface area contributed by atoms with Crippen LogP contribution in [-0.2, 0) is 29.7 Å². The highest BCUT2D eigenvalue weighted by atomic mass is 28.4. The summed E-state index contributed by atoms with van der Waals surface area (Å²) in [5, 5.41) is 12.0. The third-order valence-corrected chi connectivity index (χ3v) is 15.3. The Labute approximate surface area is 302 Å². The average Bonchev–Trinajstić information content (AvgIpc) is 3.04. The van der Waals surface area contributed by atoms with Crippen molar-refractivity contribution in [3.05, 3.63) is 103 Å². The molecule has 0 aliphatic carbocycles. The van der Waals surface area contributed by atoms with E-state index < -0.39 is 28.7 Å². The van der Waals surface area contributed by atoms with Crippen LogP contribution in [0.2, 0.25) is 24.7 Å². The molecule has 0 spiro atoms. The Hall–Kier alpha value is -3.06. The van der Waals surface area contributed by atoms with Gasteiger partial charge in [0, 0.05) is 13.0 Å². The van der Waals surface area contributed by atoms with Crippen molar-refractivity contribution in [2.24, 2.45) is 0 Å². The highest BCUT2D eigenvalue weighted by Crippen LogP contribution is 2.37. The number of carbonyl (C=O) groups is 1. The van der Waals surface area contributed by atoms with Crippen LogP contribution in [0.15, 0.2) is 97.1 Å². The molecule has 4 rings (SSSR count). The zero-order valence-electron chi connectivity index (χ0n) is 31.2. The summed E-state index contributed by atoms with van der Waals surface area (Å²) in [5.74, 6) is -0.0456. The van der Waals surface area contributed by atoms with Gasteiger partial charge in [0.15, 0.2) is 8.32 Å². The molecule has 1 aliphatic rings. The predicted molar refractivity (Wildman–Crippen MR) is 207 cm³/mol. The number of ether oxygens (including phenoxy) is 3. The monoisotopic (exact) mass is 718 g/mol. The van der Waals surface area contributed by atoms with Gasteiger partial charge in [0.2, 0.25) is 0 Å². The van der Waals surface area contributed by atoms with E-state index in [1.165, 1.54) is 10.4 Å². The Morgan fingerprint density at radius 2 is 1.42 bits per heavy atom. The minimum atomic E-state index is -2.71. The van der Waals surface area contributed by atoms with E-state index in [1.807, 2.05) is 24.3 Å². The number of carboxylic acids is 1. The van der Waals surface area contributed by atoms with E-state index in [-0.39, 0.29) is 29.8 Å². The average molecular weight is 719 g/mol. The lowest BCUT2D eigenvalue weighted by molar-refractivity contribution is -0.139. The van der Waals surface area contributed by atoms with E-state index in [9.17, 15) is 9.90 Å². The van der Waals surface area contributed by atoms with Crippen molar-refractivity contribution in [3.8, 4) is 5.75 Å². The first kappa shape index (κ1) is 39.7. The molecule has 9 heteroatoms. The largest absolute Gasteiger partial charge is 0.497 e. The molecule has 0 radical (unpaired) electrons. The van der Waals surface area contributed by atoms with E-state index in [0.717, 1.165) is 23.3 Å². The number of hydrogen-bond donors (Lipinski definition) is 1. The molecule has 1 aliphatic heterocycles. The predicted octanol–water partition coefficient (Wildman–Crippen LogP) is 8.13. The maximum absolute atomic E-state index is 11.7. The second-order valence-corrected chi connectivity index (χ2v) is 24.3. The van der Waals surface area contributed by atoms with Crippen molar-refractivity contribution in [2.75, 3.05) is 13.7 Å². The number of benzene rings is 3. The molecule has 50 heavy (non-hydrogen) atoms. The van der Waals surface area contributed by atoms with Gasteiger partial charge < -0.3 is 28.2 Å². The van der Waals surface area contributed by atoms with Crippen LogP contribution in [0.1, 0.15) is 64.9 Å². The number of methoxy groups -OCH3 is 1. The van der Waals surface area contributed by atoms with E-state index in [4.69, 9.17) is 23.1 Å². The Bertz CT molecular complexity index is 1440. The summed E-state index contributed by atoms with van der Waals surface area (Å²) in [6, 6.07) is 29.4. The number of aliphatic carboxylic acids is 1. The SMILES string of the molecule is C=C1CC(CC(CC(=O)O)O[Si](C)(C)C)OC(C[C@@H](CCO[Si](c2ccccc2)(c2ccccc2)C(C)(C)C)OCc2ccc(OC)cc2)C1. The van der Waals surface area contributed by atoms with E-state index in [0.29, 0.717) is 38.9 Å². The third kappa shape index (κ3) is 11.5. The van der Waals surface area contributed by atoms with Crippen molar-refractivity contribution in [1.82, 2.24) is 0 Å². The van der Waals surface area contributed by atoms with Gasteiger partial charge in [-0.3, -0.25) is 4.79 Å². The maximum Gasteiger partial charge on any atom is 0.305 e. The lowest BCUT2D eigenvalue weighted by atomic mass is 9.92. The molecule has 7 nitrogen and oxygen atoms in total. The van der Waals surface area contributed by atoms with Gasteiger partial charge in [0.1, 0.15) is 5.75 Å². The van der Waals surface area contributed by atoms with Crippen molar-refractivity contribution in [1.29, 1.82) is 0 Å². The quantitative estimate of drug-likeness (QED) is 0.105. The van der Waals surface area contributed by atoms with Crippen LogP contribution >= 0.6 is 0 Å². The van der Waals surface area contributed by atoms with Gasteiger partial charge in [-0.1, -0.05) is 106 Å². The molecule has 1 N–H and O–H groups in total. The molecule has 0 aromatic heterocycles. The van der Waals surface area contributed by atoms with Crippen LogP contribution in [0, 0.1) is 0 Å². The molecule has 1 fully saturated rings. The van der Waals surface area contributed by atoms with Gasteiger partial charge in [-0.05, 0) is 78.4 Å². The number of hydrogen-bond acceptors (Lipinski definition) is 6. The molecular formula is C41H58O7Si2. The first-order valence-corrected chi connectivity index (χ1v) is 23.2. The van der Waals surface area contributed by atoms with Gasteiger partial charge >= 0.3 is 5.97 Å². The minimum absolute atomic E-state index is 0.0333. The van der Waals surface area contributed by atoms with Crippen LogP contribution in [-0.4, -0.2) is 65.8 Å². The van der Waals surface area contributed by atoms with Crippen molar-refractivity contribution in [3.63, 3.8) is 0 Å². The summed E-state index contributed by atoms with van der Waals surface area (Å²) >= 11 is 0. The van der Waals surface area contributed by atoms with E-state index in [2.05, 4.69) is 108 Å². The second-order valence-electron chi connectivity index (χ2n) is 15.5. The zero-order chi connectivity index (χ0) is 36.4. The first-order chi connectivity index (χ1) is 23.7. The smallest absolute Gasteiger partial charge is 0.305 e. The molecule has 1 heterocycles. The molecule has 0 amide bonds. The highest BCUT2D eigenvalue weighted by molar-refractivity contribution is 6.99. The Morgan fingerprint density at radius 3 is 1.90 bits per heavy atom. The van der Waals surface area contributed by atoms with Crippen LogP contribution in [0.3, 0.4) is 0 Å². The lowest BCUT2D eigenvalue weighted by Crippen LogP contribution is -2.66. The Balaban J connectivity index is 1.55. The summed E-state index contributed by atoms with van der Waals surface area (Å²) in [7, 11) is -3.00. The first-order valence-electron chi connectivity index (χ1n) is 17.9. The summed E-state index contributed by atoms with van der Waals surface area (Å²) in [6.07, 6.45) is 2.52. The molecule has 0 bridgehead atoms. The van der Waals surface area contributed by atoms with Gasteiger partial charge in [0.25, 0.3) is 8.32 Å². The molecule has 0 saturated carbocycles. The summed E-state index contributed by atoms with van der Waals surface area (Å²) in [4.78, 5) is 11.7. The van der Waals surface area contributed by atoms with E-state index >= 15 is 0 Å². The highest BCUT2D eigenvalue weighted by Gasteiger charge is 2.50. The normalized spacial score (nSPS) is 18.4. The lowest BCUT2D eigenvalue weighted by Gasteiger charge is -2.43. The molecule has 272 valence electrons. The third-order valence-electron chi connectivity index (χ3n) is 9.21. The van der Waals surface area contributed by atoms with Gasteiger partial charge in [-0.2, -0.15) is 0 Å². The van der Waals surface area contributed by atoms with Crippen LogP contribution < -0.4 is 15.1 Å². The van der Waals surface area contributed by atoms with Gasteiger partial charge in [-0.15, -0.1) is 0 Å². The van der Waals surface area contributed by atoms with Crippen LogP contribution in [0.5, 0.6) is 5.75 Å². The molecule has 3 aromatic carbocycles. The van der Waals surface area contributed by atoms with Crippen LogP contribution in [0.4, 0.5) is 0 Å². The molecule has 3 aromatic rings. The van der Waals surface area contributed by atoms with E-state index in [1.54, 1.807) is 7.11 Å². The van der Waals surface area contributed by atoms with Crippen molar-refractivity contribution in [2.45, 2.75) is 115 Å². The fourth-order valence-corrected chi connectivity index (χ4v) is 12.9. The minimum Gasteiger partial charge on any atom is -0.497 e. The van der Waals surface area contributed by atoms with Crippen molar-refractivity contribution < 1.29 is 33.0 Å². The molecule has 3 unspecified atom stereocenters. The standard InChI is InChI=1S/C41H58O7Si2/c1-31-25-35(47-36(26-31)28-37(29-40(42)43)48-49(6,7)8)27-34(45-30-32-19-21-33(44-5)22-20-32)23-24-46-50(41(2,3)4,38-15-11-9-12-16-38)39-17-13-10-14-18-39/h9-22,34-37H,1,23-30H2,2-8H3,(H,42,43)/t34-,35?,36?,37?/m1/s1. The fourth-order valence-electron chi connectivity index (χ4n) is 7.14. The summed E-state index contributed by atoms with van der Waals surface area (Å²) < 4.78 is 32.3. The molecule has 4 atom stereocenters.